The standard InChI is InChI=1S/C14H19FO/c1-13(2)9-14(13,10-16)8-7-11-3-5-12(15)6-4-11/h3-6,16H,7-10H2,1-2H3. The van der Waals surface area contributed by atoms with Gasteiger partial charge in [-0.2, -0.15) is 0 Å². The van der Waals surface area contributed by atoms with E-state index in [1.165, 1.54) is 12.1 Å². The molecule has 0 bridgehead atoms. The second-order valence-corrected chi connectivity index (χ2v) is 5.63. The van der Waals surface area contributed by atoms with Crippen LogP contribution < -0.4 is 0 Å². The maximum Gasteiger partial charge on any atom is 0.123 e. The summed E-state index contributed by atoms with van der Waals surface area (Å²) in [4.78, 5) is 0. The number of aliphatic hydroxyl groups excluding tert-OH is 1. The van der Waals surface area contributed by atoms with E-state index in [0.29, 0.717) is 0 Å². The number of rotatable bonds is 4. The molecule has 1 N–H and O–H groups in total. The van der Waals surface area contributed by atoms with Crippen LogP contribution in [0.3, 0.4) is 0 Å². The zero-order valence-electron chi connectivity index (χ0n) is 9.96. The molecule has 88 valence electrons. The smallest absolute Gasteiger partial charge is 0.123 e. The quantitative estimate of drug-likeness (QED) is 0.829. The second-order valence-electron chi connectivity index (χ2n) is 5.63. The van der Waals surface area contributed by atoms with Gasteiger partial charge in [-0.15, -0.1) is 0 Å². The van der Waals surface area contributed by atoms with Gasteiger partial charge < -0.3 is 5.11 Å². The Morgan fingerprint density at radius 3 is 2.25 bits per heavy atom. The van der Waals surface area contributed by atoms with Gasteiger partial charge in [-0.1, -0.05) is 26.0 Å². The molecule has 1 aliphatic rings. The van der Waals surface area contributed by atoms with Crippen molar-refractivity contribution in [3.05, 3.63) is 35.6 Å². The molecule has 1 atom stereocenters. The van der Waals surface area contributed by atoms with Crippen LogP contribution in [-0.2, 0) is 6.42 Å². The Balaban J connectivity index is 1.95. The van der Waals surface area contributed by atoms with Crippen molar-refractivity contribution in [2.75, 3.05) is 6.61 Å². The van der Waals surface area contributed by atoms with E-state index in [2.05, 4.69) is 13.8 Å². The van der Waals surface area contributed by atoms with Crippen LogP contribution in [0.2, 0.25) is 0 Å². The van der Waals surface area contributed by atoms with Gasteiger partial charge in [0.05, 0.1) is 0 Å². The Hall–Kier alpha value is -0.890. The Kier molecular flexibility index (Phi) is 2.79. The average Bonchev–Trinajstić information content (AvgIpc) is 2.81. The third-order valence-corrected chi connectivity index (χ3v) is 4.20. The minimum absolute atomic E-state index is 0.0986. The highest BCUT2D eigenvalue weighted by Crippen LogP contribution is 2.65. The van der Waals surface area contributed by atoms with Crippen LogP contribution in [0, 0.1) is 16.6 Å². The van der Waals surface area contributed by atoms with Crippen molar-refractivity contribution in [2.24, 2.45) is 10.8 Å². The largest absolute Gasteiger partial charge is 0.396 e. The van der Waals surface area contributed by atoms with Crippen molar-refractivity contribution >= 4 is 0 Å². The summed E-state index contributed by atoms with van der Waals surface area (Å²) in [7, 11) is 0. The molecule has 16 heavy (non-hydrogen) atoms. The molecule has 1 aliphatic carbocycles. The molecule has 0 aliphatic heterocycles. The molecule has 1 aromatic carbocycles. The van der Waals surface area contributed by atoms with E-state index in [1.807, 2.05) is 12.1 Å². The molecule has 1 saturated carbocycles. The van der Waals surface area contributed by atoms with E-state index < -0.39 is 0 Å². The first kappa shape index (κ1) is 11.6. The lowest BCUT2D eigenvalue weighted by atomic mass is 9.90. The van der Waals surface area contributed by atoms with E-state index >= 15 is 0 Å². The first-order valence-electron chi connectivity index (χ1n) is 5.84. The first-order valence-corrected chi connectivity index (χ1v) is 5.84. The Labute approximate surface area is 96.3 Å². The van der Waals surface area contributed by atoms with Crippen LogP contribution in [0.1, 0.15) is 32.3 Å². The number of hydrogen-bond donors (Lipinski definition) is 1. The second kappa shape index (κ2) is 3.85. The topological polar surface area (TPSA) is 20.2 Å². The minimum Gasteiger partial charge on any atom is -0.396 e. The number of benzene rings is 1. The molecule has 2 rings (SSSR count). The summed E-state index contributed by atoms with van der Waals surface area (Å²) in [5.41, 5.74) is 1.51. The Bertz CT molecular complexity index is 369. The van der Waals surface area contributed by atoms with Crippen molar-refractivity contribution < 1.29 is 9.50 Å². The lowest BCUT2D eigenvalue weighted by Crippen LogP contribution is -2.15. The van der Waals surface area contributed by atoms with Gasteiger partial charge in [0.15, 0.2) is 0 Å². The summed E-state index contributed by atoms with van der Waals surface area (Å²) < 4.78 is 12.7. The van der Waals surface area contributed by atoms with Gasteiger partial charge in [-0.05, 0) is 47.8 Å². The Morgan fingerprint density at radius 2 is 1.81 bits per heavy atom. The minimum atomic E-state index is -0.188. The van der Waals surface area contributed by atoms with Crippen LogP contribution in [0.15, 0.2) is 24.3 Å². The van der Waals surface area contributed by atoms with Crippen molar-refractivity contribution in [3.63, 3.8) is 0 Å². The van der Waals surface area contributed by atoms with Crippen LogP contribution in [-0.4, -0.2) is 11.7 Å². The number of aryl methyl sites for hydroxylation is 1. The van der Waals surface area contributed by atoms with Gasteiger partial charge >= 0.3 is 0 Å². The maximum atomic E-state index is 12.7. The van der Waals surface area contributed by atoms with Crippen molar-refractivity contribution in [1.82, 2.24) is 0 Å². The lowest BCUT2D eigenvalue weighted by Gasteiger charge is -2.17. The molecule has 1 unspecified atom stereocenters. The maximum absolute atomic E-state index is 12.7. The molecule has 0 heterocycles. The van der Waals surface area contributed by atoms with E-state index in [0.717, 1.165) is 24.8 Å². The molecule has 0 amide bonds. The molecule has 0 radical (unpaired) electrons. The van der Waals surface area contributed by atoms with Gasteiger partial charge in [0.25, 0.3) is 0 Å². The summed E-state index contributed by atoms with van der Waals surface area (Å²) in [6.45, 7) is 4.67. The fourth-order valence-electron chi connectivity index (χ4n) is 2.61. The van der Waals surface area contributed by atoms with Crippen LogP contribution in [0.25, 0.3) is 0 Å². The number of halogens is 1. The summed E-state index contributed by atoms with van der Waals surface area (Å²) >= 11 is 0. The molecule has 1 fully saturated rings. The summed E-state index contributed by atoms with van der Waals surface area (Å²) in [6, 6.07) is 6.66. The van der Waals surface area contributed by atoms with E-state index in [4.69, 9.17) is 0 Å². The van der Waals surface area contributed by atoms with Gasteiger partial charge in [-0.3, -0.25) is 0 Å². The van der Waals surface area contributed by atoms with Gasteiger partial charge in [0.2, 0.25) is 0 Å². The number of aliphatic hydroxyl groups is 1. The van der Waals surface area contributed by atoms with E-state index in [-0.39, 0.29) is 23.3 Å². The molecule has 0 saturated heterocycles. The van der Waals surface area contributed by atoms with E-state index in [1.54, 1.807) is 0 Å². The SMILES string of the molecule is CC1(C)CC1(CO)CCc1ccc(F)cc1. The van der Waals surface area contributed by atoms with Crippen molar-refractivity contribution in [3.8, 4) is 0 Å². The van der Waals surface area contributed by atoms with Crippen LogP contribution >= 0.6 is 0 Å². The molecule has 0 aromatic heterocycles. The predicted molar refractivity (Wildman–Crippen MR) is 62.6 cm³/mol. The van der Waals surface area contributed by atoms with Gasteiger partial charge in [-0.25, -0.2) is 4.39 Å². The zero-order chi connectivity index (χ0) is 11.8. The normalized spacial score (nSPS) is 26.8. The highest BCUT2D eigenvalue weighted by Gasteiger charge is 2.59. The highest BCUT2D eigenvalue weighted by molar-refractivity contribution is 5.18. The zero-order valence-corrected chi connectivity index (χ0v) is 9.96. The fraction of sp³-hybridized carbons (Fsp3) is 0.571. The molecular formula is C14H19FO. The molecule has 0 spiro atoms. The molecular weight excluding hydrogens is 203 g/mol. The van der Waals surface area contributed by atoms with Crippen molar-refractivity contribution in [1.29, 1.82) is 0 Å². The lowest BCUT2D eigenvalue weighted by molar-refractivity contribution is 0.171. The van der Waals surface area contributed by atoms with Crippen LogP contribution in [0.5, 0.6) is 0 Å². The summed E-state index contributed by atoms with van der Waals surface area (Å²) in [6.07, 6.45) is 3.00. The average molecular weight is 222 g/mol. The monoisotopic (exact) mass is 222 g/mol. The first-order chi connectivity index (χ1) is 7.49. The summed E-state index contributed by atoms with van der Waals surface area (Å²) in [5, 5.41) is 9.45. The van der Waals surface area contributed by atoms with Crippen molar-refractivity contribution in [2.45, 2.75) is 33.1 Å². The van der Waals surface area contributed by atoms with Gasteiger partial charge in [0.1, 0.15) is 5.82 Å². The van der Waals surface area contributed by atoms with Gasteiger partial charge in [0, 0.05) is 6.61 Å². The third kappa shape index (κ3) is 1.99. The molecule has 2 heteroatoms. The molecule has 1 aromatic rings. The summed E-state index contributed by atoms with van der Waals surface area (Å²) in [5.74, 6) is -0.188. The molecule has 1 nitrogen and oxygen atoms in total. The Morgan fingerprint density at radius 1 is 1.25 bits per heavy atom. The van der Waals surface area contributed by atoms with Crippen LogP contribution in [0.4, 0.5) is 4.39 Å². The predicted octanol–water partition coefficient (Wildman–Crippen LogP) is 3.17. The third-order valence-electron chi connectivity index (χ3n) is 4.20. The number of hydrogen-bond acceptors (Lipinski definition) is 1. The van der Waals surface area contributed by atoms with E-state index in [9.17, 15) is 9.50 Å². The highest BCUT2D eigenvalue weighted by atomic mass is 19.1. The fourth-order valence-corrected chi connectivity index (χ4v) is 2.61.